The van der Waals surface area contributed by atoms with Crippen molar-refractivity contribution < 1.29 is 8.81 Å². The van der Waals surface area contributed by atoms with Crippen molar-refractivity contribution in [3.05, 3.63) is 54.4 Å². The van der Waals surface area contributed by atoms with Gasteiger partial charge in [-0.05, 0) is 11.6 Å². The van der Waals surface area contributed by atoms with E-state index in [4.69, 9.17) is 4.42 Å². The Hall–Kier alpha value is -2.49. The maximum absolute atomic E-state index is 15.8. The Morgan fingerprint density at radius 2 is 1.79 bits per heavy atom. The van der Waals surface area contributed by atoms with E-state index in [1.807, 2.05) is 44.4 Å². The van der Waals surface area contributed by atoms with Crippen LogP contribution in [0.15, 0.2) is 53.2 Å². The fourth-order valence-corrected chi connectivity index (χ4v) is 4.81. The fourth-order valence-electron chi connectivity index (χ4n) is 4.81. The van der Waals surface area contributed by atoms with Gasteiger partial charge in [-0.25, -0.2) is 4.39 Å². The van der Waals surface area contributed by atoms with E-state index in [0.717, 1.165) is 33.2 Å². The normalized spacial score (nSPS) is 26.0. The van der Waals surface area contributed by atoms with E-state index >= 15 is 4.39 Å². The van der Waals surface area contributed by atoms with Crippen LogP contribution in [0.1, 0.15) is 46.1 Å². The molecule has 1 saturated heterocycles. The zero-order valence-corrected chi connectivity index (χ0v) is 17.0. The molecule has 0 N–H and O–H groups in total. The van der Waals surface area contributed by atoms with Gasteiger partial charge in [-0.1, -0.05) is 70.9 Å². The van der Waals surface area contributed by atoms with Crippen molar-refractivity contribution in [3.8, 4) is 0 Å². The highest BCUT2D eigenvalue weighted by molar-refractivity contribution is 6.10. The molecule has 2 aromatic carbocycles. The van der Waals surface area contributed by atoms with Crippen LogP contribution in [0.4, 0.5) is 10.1 Å². The maximum Gasteiger partial charge on any atom is 0.176 e. The van der Waals surface area contributed by atoms with Gasteiger partial charge >= 0.3 is 0 Å². The van der Waals surface area contributed by atoms with Crippen molar-refractivity contribution in [1.82, 2.24) is 4.90 Å². The molecule has 146 valence electrons. The molecule has 3 nitrogen and oxygen atoms in total. The quantitative estimate of drug-likeness (QED) is 0.494. The summed E-state index contributed by atoms with van der Waals surface area (Å²) in [7, 11) is 0. The van der Waals surface area contributed by atoms with Crippen LogP contribution in [0.5, 0.6) is 0 Å². The third kappa shape index (κ3) is 1.98. The van der Waals surface area contributed by atoms with E-state index in [0.29, 0.717) is 6.54 Å². The minimum absolute atomic E-state index is 0.251. The van der Waals surface area contributed by atoms with Crippen LogP contribution in [0.2, 0.25) is 0 Å². The summed E-state index contributed by atoms with van der Waals surface area (Å²) in [4.78, 5) is 4.14. The van der Waals surface area contributed by atoms with E-state index in [2.05, 4.69) is 41.8 Å². The predicted octanol–water partition coefficient (Wildman–Crippen LogP) is 6.32. The molecule has 1 fully saturated rings. The van der Waals surface area contributed by atoms with Gasteiger partial charge in [0.05, 0.1) is 12.2 Å². The average Bonchev–Trinajstić information content (AvgIpc) is 3.24. The monoisotopic (exact) mass is 378 g/mol. The summed E-state index contributed by atoms with van der Waals surface area (Å²) >= 11 is 0. The Bertz CT molecular complexity index is 1100. The van der Waals surface area contributed by atoms with Gasteiger partial charge in [0.2, 0.25) is 0 Å². The van der Waals surface area contributed by atoms with Gasteiger partial charge in [0.1, 0.15) is 11.7 Å². The van der Waals surface area contributed by atoms with E-state index in [1.54, 1.807) is 0 Å². The molecule has 3 aliphatic rings. The number of halogens is 1. The number of furan rings is 1. The fraction of sp³-hybridized carbons (Fsp3) is 0.417. The SMILES string of the molecule is CC1(C)c2ccc3c(oc4ccccc43)c2N2C=CN3C[C@@]1(F)C32.CCCC. The van der Waals surface area contributed by atoms with Crippen LogP contribution in [0, 0.1) is 0 Å². The first-order valence-corrected chi connectivity index (χ1v) is 10.3. The lowest BCUT2D eigenvalue weighted by atomic mass is 9.62. The molecule has 1 aromatic heterocycles. The molecule has 0 radical (unpaired) electrons. The predicted molar refractivity (Wildman–Crippen MR) is 113 cm³/mol. The van der Waals surface area contributed by atoms with E-state index in [-0.39, 0.29) is 6.17 Å². The molecule has 0 saturated carbocycles. The molecular weight excluding hydrogens is 351 g/mol. The Morgan fingerprint density at radius 3 is 2.54 bits per heavy atom. The summed E-state index contributed by atoms with van der Waals surface area (Å²) in [6.07, 6.45) is 6.38. The van der Waals surface area contributed by atoms with Crippen molar-refractivity contribution in [2.75, 3.05) is 11.4 Å². The molecule has 2 atom stereocenters. The van der Waals surface area contributed by atoms with E-state index < -0.39 is 11.1 Å². The van der Waals surface area contributed by atoms with Crippen LogP contribution in [0.3, 0.4) is 0 Å². The second-order valence-electron chi connectivity index (χ2n) is 8.68. The first kappa shape index (κ1) is 17.6. The highest BCUT2D eigenvalue weighted by Crippen LogP contribution is 2.59. The van der Waals surface area contributed by atoms with Crippen molar-refractivity contribution >= 4 is 27.6 Å². The largest absolute Gasteiger partial charge is 0.454 e. The van der Waals surface area contributed by atoms with Crippen molar-refractivity contribution in [3.63, 3.8) is 0 Å². The van der Waals surface area contributed by atoms with Crippen LogP contribution >= 0.6 is 0 Å². The Labute approximate surface area is 165 Å². The van der Waals surface area contributed by atoms with Gasteiger partial charge in [-0.2, -0.15) is 0 Å². The van der Waals surface area contributed by atoms with Crippen molar-refractivity contribution in [2.24, 2.45) is 0 Å². The first-order valence-electron chi connectivity index (χ1n) is 10.3. The molecule has 1 unspecified atom stereocenters. The lowest BCUT2D eigenvalue weighted by Crippen LogP contribution is -2.77. The second kappa shape index (κ2) is 5.76. The minimum atomic E-state index is -1.25. The number of hydrogen-bond acceptors (Lipinski definition) is 3. The molecule has 0 aliphatic carbocycles. The lowest BCUT2D eigenvalue weighted by molar-refractivity contribution is -0.110. The first-order chi connectivity index (χ1) is 13.4. The molecule has 3 aromatic rings. The molecule has 28 heavy (non-hydrogen) atoms. The standard InChI is InChI=1S/C20H17FN2O.C4H10/c1-19(2)14-8-7-13-12-5-3-4-6-15(12)24-17(13)16(14)23-10-9-22-11-20(19,21)18(22)23;1-3-4-2/h3-10,18H,11H2,1-2H3;3-4H2,1-2H3/t18?,20-;/m1./s1. The highest BCUT2D eigenvalue weighted by atomic mass is 19.1. The molecule has 4 heterocycles. The van der Waals surface area contributed by atoms with Gasteiger partial charge in [0.25, 0.3) is 0 Å². The summed E-state index contributed by atoms with van der Waals surface area (Å²) in [5, 5.41) is 2.21. The lowest BCUT2D eigenvalue weighted by Gasteiger charge is -2.62. The third-order valence-corrected chi connectivity index (χ3v) is 6.81. The van der Waals surface area contributed by atoms with Crippen LogP contribution in [-0.2, 0) is 5.41 Å². The zero-order chi connectivity index (χ0) is 19.7. The van der Waals surface area contributed by atoms with Crippen LogP contribution in [-0.4, -0.2) is 23.3 Å². The minimum Gasteiger partial charge on any atom is -0.454 e. The van der Waals surface area contributed by atoms with Crippen LogP contribution in [0.25, 0.3) is 21.9 Å². The highest BCUT2D eigenvalue weighted by Gasteiger charge is 2.68. The number of benzene rings is 2. The van der Waals surface area contributed by atoms with Gasteiger partial charge in [-0.3, -0.25) is 0 Å². The topological polar surface area (TPSA) is 19.6 Å². The van der Waals surface area contributed by atoms with Gasteiger partial charge in [0, 0.05) is 28.6 Å². The molecule has 3 aliphatic heterocycles. The molecule has 0 bridgehead atoms. The van der Waals surface area contributed by atoms with E-state index in [1.165, 1.54) is 12.8 Å². The third-order valence-electron chi connectivity index (χ3n) is 6.81. The van der Waals surface area contributed by atoms with Gasteiger partial charge < -0.3 is 14.2 Å². The molecule has 0 amide bonds. The number of anilines is 1. The van der Waals surface area contributed by atoms with Gasteiger partial charge in [-0.15, -0.1) is 0 Å². The number of fused-ring (bicyclic) bond motifs is 6. The average molecular weight is 378 g/mol. The van der Waals surface area contributed by atoms with Gasteiger partial charge in [0.15, 0.2) is 11.3 Å². The summed E-state index contributed by atoms with van der Waals surface area (Å²) in [5.41, 5.74) is 1.98. The second-order valence-corrected chi connectivity index (χ2v) is 8.68. The molecule has 6 rings (SSSR count). The number of nitrogens with zero attached hydrogens (tertiary/aromatic N) is 2. The number of unbranched alkanes of at least 4 members (excludes halogenated alkanes) is 1. The summed E-state index contributed by atoms with van der Waals surface area (Å²) in [6, 6.07) is 12.3. The van der Waals surface area contributed by atoms with Crippen LogP contribution < -0.4 is 4.90 Å². The summed E-state index contributed by atoms with van der Waals surface area (Å²) < 4.78 is 22.0. The van der Waals surface area contributed by atoms with E-state index in [9.17, 15) is 0 Å². The smallest absolute Gasteiger partial charge is 0.176 e. The number of hydrogen-bond donors (Lipinski definition) is 0. The molecule has 0 spiro atoms. The zero-order valence-electron chi connectivity index (χ0n) is 17.0. The Balaban J connectivity index is 0.000000393. The molecule has 4 heteroatoms. The summed E-state index contributed by atoms with van der Waals surface area (Å²) in [5.74, 6) is 0. The van der Waals surface area contributed by atoms with Crippen molar-refractivity contribution in [1.29, 1.82) is 0 Å². The number of para-hydroxylation sites is 1. The number of alkyl halides is 1. The van der Waals surface area contributed by atoms with Crippen molar-refractivity contribution in [2.45, 2.75) is 57.8 Å². The maximum atomic E-state index is 15.8. The Morgan fingerprint density at radius 1 is 1.04 bits per heavy atom. The summed E-state index contributed by atoms with van der Waals surface area (Å²) in [6.45, 7) is 8.86. The molecular formula is C24H27FN2O. The number of rotatable bonds is 1. The Kier molecular flexibility index (Phi) is 3.62.